The molecule has 1 saturated heterocycles. The van der Waals surface area contributed by atoms with E-state index in [4.69, 9.17) is 14.2 Å². The number of fused-ring (bicyclic) bond motifs is 1. The summed E-state index contributed by atoms with van der Waals surface area (Å²) < 4.78 is 18.4. The molecule has 8 nitrogen and oxygen atoms in total. The van der Waals surface area contributed by atoms with Crippen molar-refractivity contribution in [2.75, 3.05) is 18.1 Å². The highest BCUT2D eigenvalue weighted by Crippen LogP contribution is 2.37. The average Bonchev–Trinajstić information content (AvgIpc) is 2.97. The predicted molar refractivity (Wildman–Crippen MR) is 170 cm³/mol. The van der Waals surface area contributed by atoms with Crippen molar-refractivity contribution in [2.45, 2.75) is 27.4 Å². The number of halogens is 1. The molecule has 0 spiro atoms. The number of hydrogen-bond donors (Lipinski definition) is 1. The molecule has 1 N–H and O–H groups in total. The van der Waals surface area contributed by atoms with E-state index in [2.05, 4.69) is 59.1 Å². The number of nitrogens with zero attached hydrogens (tertiary/aromatic N) is 1. The summed E-state index contributed by atoms with van der Waals surface area (Å²) in [4.78, 5) is 39.7. The molecule has 1 aliphatic heterocycles. The van der Waals surface area contributed by atoms with Gasteiger partial charge in [-0.25, -0.2) is 9.69 Å². The summed E-state index contributed by atoms with van der Waals surface area (Å²) in [5.41, 5.74) is 2.90. The van der Waals surface area contributed by atoms with Crippen LogP contribution in [0.5, 0.6) is 17.2 Å². The van der Waals surface area contributed by atoms with Crippen molar-refractivity contribution in [3.63, 3.8) is 0 Å². The third-order valence-corrected chi connectivity index (χ3v) is 7.59. The van der Waals surface area contributed by atoms with Crippen LogP contribution in [0.2, 0.25) is 0 Å². The normalized spacial score (nSPS) is 14.3. The maximum atomic E-state index is 13.4. The zero-order valence-corrected chi connectivity index (χ0v) is 25.6. The minimum Gasteiger partial charge on any atom is -0.494 e. The van der Waals surface area contributed by atoms with Crippen molar-refractivity contribution >= 4 is 63.0 Å². The highest BCUT2D eigenvalue weighted by Gasteiger charge is 2.37. The van der Waals surface area contributed by atoms with Gasteiger partial charge in [0.1, 0.15) is 17.9 Å². The Kier molecular flexibility index (Phi) is 8.77. The van der Waals surface area contributed by atoms with Gasteiger partial charge in [-0.2, -0.15) is 0 Å². The van der Waals surface area contributed by atoms with Crippen LogP contribution in [0.25, 0.3) is 16.8 Å². The fourth-order valence-corrected chi connectivity index (χ4v) is 5.55. The first-order chi connectivity index (χ1) is 20.3. The Balaban J connectivity index is 1.45. The number of urea groups is 1. The van der Waals surface area contributed by atoms with Gasteiger partial charge in [0.05, 0.1) is 22.5 Å². The van der Waals surface area contributed by atoms with Crippen LogP contribution in [0.1, 0.15) is 30.5 Å². The fraction of sp³-hybridized carbons (Fsp3) is 0.182. The van der Waals surface area contributed by atoms with Gasteiger partial charge in [-0.05, 0) is 108 Å². The van der Waals surface area contributed by atoms with Crippen LogP contribution >= 0.6 is 22.6 Å². The van der Waals surface area contributed by atoms with Gasteiger partial charge in [-0.15, -0.1) is 0 Å². The van der Waals surface area contributed by atoms with Gasteiger partial charge in [0.25, 0.3) is 11.8 Å². The third kappa shape index (κ3) is 5.96. The predicted octanol–water partition coefficient (Wildman–Crippen LogP) is 6.80. The van der Waals surface area contributed by atoms with Gasteiger partial charge in [-0.1, -0.05) is 36.4 Å². The molecule has 1 aliphatic rings. The molecule has 0 unspecified atom stereocenters. The molecule has 4 aromatic carbocycles. The van der Waals surface area contributed by atoms with Gasteiger partial charge in [0, 0.05) is 5.56 Å². The molecule has 0 saturated carbocycles. The molecule has 4 amide bonds. The molecule has 42 heavy (non-hydrogen) atoms. The number of hydrogen-bond acceptors (Lipinski definition) is 6. The molecule has 0 aromatic heterocycles. The lowest BCUT2D eigenvalue weighted by atomic mass is 10.0. The first-order valence-corrected chi connectivity index (χ1v) is 14.6. The van der Waals surface area contributed by atoms with Gasteiger partial charge in [-0.3, -0.25) is 14.9 Å². The molecule has 0 radical (unpaired) electrons. The molecule has 9 heteroatoms. The Morgan fingerprint density at radius 1 is 0.881 bits per heavy atom. The molecule has 5 rings (SSSR count). The maximum absolute atomic E-state index is 13.4. The number of carbonyl (C=O) groups is 3. The highest BCUT2D eigenvalue weighted by atomic mass is 127. The second kappa shape index (κ2) is 12.6. The zero-order valence-electron chi connectivity index (χ0n) is 23.4. The quantitative estimate of drug-likeness (QED) is 0.119. The lowest BCUT2D eigenvalue weighted by Gasteiger charge is -2.26. The van der Waals surface area contributed by atoms with Gasteiger partial charge in [0.15, 0.2) is 11.5 Å². The van der Waals surface area contributed by atoms with Crippen LogP contribution in [-0.4, -0.2) is 31.1 Å². The Morgan fingerprint density at radius 3 is 2.36 bits per heavy atom. The van der Waals surface area contributed by atoms with Crippen molar-refractivity contribution in [1.29, 1.82) is 0 Å². The Morgan fingerprint density at radius 2 is 1.62 bits per heavy atom. The van der Waals surface area contributed by atoms with Crippen molar-refractivity contribution in [2.24, 2.45) is 0 Å². The molecule has 0 atom stereocenters. The van der Waals surface area contributed by atoms with Crippen LogP contribution in [0.15, 0.2) is 78.4 Å². The SMILES string of the molecule is CCOc1ccc(N2C(=O)NC(=O)/C(=C\c3cc(I)c(OCc4c(C)ccc5ccccc45)c(OCC)c3)C2=O)cc1. The standard InChI is InChI=1S/C33H29IN2O6/c1-4-40-24-14-12-23(13-15-24)36-32(38)26(31(37)35-33(36)39)16-21-17-28(34)30(29(18-21)41-5-2)42-19-27-20(3)10-11-22-8-6-7-9-25(22)27/h6-18H,4-5,19H2,1-3H3,(H,35,37,39)/b26-16+. The van der Waals surface area contributed by atoms with Crippen LogP contribution in [0.3, 0.4) is 0 Å². The van der Waals surface area contributed by atoms with E-state index >= 15 is 0 Å². The van der Waals surface area contributed by atoms with Crippen molar-refractivity contribution in [1.82, 2.24) is 5.32 Å². The molecule has 4 aromatic rings. The number of nitrogens with one attached hydrogen (secondary N) is 1. The number of aryl methyl sites for hydroxylation is 1. The number of rotatable bonds is 9. The second-order valence-electron chi connectivity index (χ2n) is 9.52. The number of ether oxygens (including phenoxy) is 3. The monoisotopic (exact) mass is 676 g/mol. The van der Waals surface area contributed by atoms with Crippen LogP contribution < -0.4 is 24.4 Å². The Labute approximate surface area is 257 Å². The summed E-state index contributed by atoms with van der Waals surface area (Å²) in [6.07, 6.45) is 1.45. The number of amides is 4. The van der Waals surface area contributed by atoms with Crippen molar-refractivity contribution in [3.05, 3.63) is 98.6 Å². The second-order valence-corrected chi connectivity index (χ2v) is 10.7. The summed E-state index contributed by atoms with van der Waals surface area (Å²) >= 11 is 2.16. The zero-order chi connectivity index (χ0) is 29.8. The van der Waals surface area contributed by atoms with Crippen molar-refractivity contribution < 1.29 is 28.6 Å². The van der Waals surface area contributed by atoms with Gasteiger partial charge in [0.2, 0.25) is 0 Å². The molecule has 1 fully saturated rings. The molecular weight excluding hydrogens is 647 g/mol. The van der Waals surface area contributed by atoms with Gasteiger partial charge < -0.3 is 14.2 Å². The molecular formula is C33H29IN2O6. The van der Waals surface area contributed by atoms with Crippen LogP contribution in [-0.2, 0) is 16.2 Å². The van der Waals surface area contributed by atoms with Crippen LogP contribution in [0, 0.1) is 10.5 Å². The molecule has 1 heterocycles. The molecule has 0 aliphatic carbocycles. The smallest absolute Gasteiger partial charge is 0.335 e. The summed E-state index contributed by atoms with van der Waals surface area (Å²) in [6, 6.07) is 21.6. The Bertz CT molecular complexity index is 1710. The van der Waals surface area contributed by atoms with E-state index in [0.29, 0.717) is 48.3 Å². The summed E-state index contributed by atoms with van der Waals surface area (Å²) in [5, 5.41) is 4.52. The molecule has 0 bridgehead atoms. The van der Waals surface area contributed by atoms with E-state index in [1.807, 2.05) is 26.0 Å². The number of benzene rings is 4. The maximum Gasteiger partial charge on any atom is 0.335 e. The molecule has 214 valence electrons. The number of barbiturate groups is 1. The lowest BCUT2D eigenvalue weighted by Crippen LogP contribution is -2.54. The number of imide groups is 2. The number of anilines is 1. The highest BCUT2D eigenvalue weighted by molar-refractivity contribution is 14.1. The van der Waals surface area contributed by atoms with Crippen molar-refractivity contribution in [3.8, 4) is 17.2 Å². The largest absolute Gasteiger partial charge is 0.494 e. The third-order valence-electron chi connectivity index (χ3n) is 6.79. The van der Waals surface area contributed by atoms with E-state index in [9.17, 15) is 14.4 Å². The summed E-state index contributed by atoms with van der Waals surface area (Å²) in [5.74, 6) is 0.156. The first-order valence-electron chi connectivity index (χ1n) is 13.5. The minimum atomic E-state index is -0.816. The van der Waals surface area contributed by atoms with Gasteiger partial charge >= 0.3 is 6.03 Å². The average molecular weight is 677 g/mol. The van der Waals surface area contributed by atoms with E-state index < -0.39 is 17.8 Å². The van der Waals surface area contributed by atoms with E-state index in [1.54, 1.807) is 36.4 Å². The first kappa shape index (κ1) is 29.1. The van der Waals surface area contributed by atoms with E-state index in [1.165, 1.54) is 6.08 Å². The topological polar surface area (TPSA) is 94.2 Å². The lowest BCUT2D eigenvalue weighted by molar-refractivity contribution is -0.122. The van der Waals surface area contributed by atoms with E-state index in [-0.39, 0.29) is 5.57 Å². The number of carbonyl (C=O) groups excluding carboxylic acids is 3. The fourth-order valence-electron chi connectivity index (χ4n) is 4.77. The van der Waals surface area contributed by atoms with Crippen LogP contribution in [0.4, 0.5) is 10.5 Å². The van der Waals surface area contributed by atoms with E-state index in [0.717, 1.165) is 30.4 Å². The summed E-state index contributed by atoms with van der Waals surface area (Å²) in [6.45, 7) is 7.00. The summed E-state index contributed by atoms with van der Waals surface area (Å²) in [7, 11) is 0. The minimum absolute atomic E-state index is 0.179. The Hall–Kier alpha value is -4.38.